The van der Waals surface area contributed by atoms with Crippen molar-refractivity contribution in [1.29, 1.82) is 0 Å². The lowest BCUT2D eigenvalue weighted by Crippen LogP contribution is -2.29. The van der Waals surface area contributed by atoms with Crippen molar-refractivity contribution in [3.05, 3.63) is 29.6 Å². The van der Waals surface area contributed by atoms with Crippen molar-refractivity contribution in [3.63, 3.8) is 0 Å². The third-order valence-electron chi connectivity index (χ3n) is 2.98. The normalized spacial score (nSPS) is 17.4. The lowest BCUT2D eigenvalue weighted by Gasteiger charge is -2.10. The first-order valence-corrected chi connectivity index (χ1v) is 7.79. The molecular weight excluding hydrogens is 272 g/mol. The van der Waals surface area contributed by atoms with Crippen LogP contribution >= 0.6 is 11.8 Å². The Morgan fingerprint density at radius 1 is 1.55 bits per heavy atom. The summed E-state index contributed by atoms with van der Waals surface area (Å²) in [5.74, 6) is 6.79. The third kappa shape index (κ3) is 4.55. The molecule has 1 aromatic rings. The van der Waals surface area contributed by atoms with Crippen molar-refractivity contribution >= 4 is 17.7 Å². The van der Waals surface area contributed by atoms with Gasteiger partial charge in [-0.2, -0.15) is 11.8 Å². The van der Waals surface area contributed by atoms with Gasteiger partial charge in [0.2, 0.25) is 0 Å². The average molecular weight is 290 g/mol. The van der Waals surface area contributed by atoms with Gasteiger partial charge in [-0.15, -0.1) is 0 Å². The van der Waals surface area contributed by atoms with Gasteiger partial charge >= 0.3 is 0 Å². The van der Waals surface area contributed by atoms with Crippen molar-refractivity contribution in [3.8, 4) is 11.8 Å². The summed E-state index contributed by atoms with van der Waals surface area (Å²) in [6.45, 7) is 0.754. The highest BCUT2D eigenvalue weighted by Gasteiger charge is 2.16. The van der Waals surface area contributed by atoms with Crippen LogP contribution in [-0.4, -0.2) is 40.2 Å². The Labute approximate surface area is 123 Å². The molecule has 4 nitrogen and oxygen atoms in total. The molecule has 1 amide bonds. The molecule has 2 N–H and O–H groups in total. The number of aromatic nitrogens is 1. The molecule has 0 spiro atoms. The molecule has 1 aliphatic rings. The summed E-state index contributed by atoms with van der Waals surface area (Å²) in [6.07, 6.45) is 6.01. The fraction of sp³-hybridized carbons (Fsp3) is 0.467. The SMILES string of the molecule is O=C(NCC1CCCS1)c1cncc(C#CCCO)c1. The predicted molar refractivity (Wildman–Crippen MR) is 80.6 cm³/mol. The van der Waals surface area contributed by atoms with Crippen LogP contribution in [0.15, 0.2) is 18.5 Å². The molecule has 2 rings (SSSR count). The fourth-order valence-corrected chi connectivity index (χ4v) is 3.17. The first-order valence-electron chi connectivity index (χ1n) is 6.74. The van der Waals surface area contributed by atoms with Crippen LogP contribution in [0.1, 0.15) is 35.2 Å². The van der Waals surface area contributed by atoms with Gasteiger partial charge in [0.15, 0.2) is 0 Å². The topological polar surface area (TPSA) is 62.2 Å². The Balaban J connectivity index is 1.92. The molecule has 1 unspecified atom stereocenters. The van der Waals surface area contributed by atoms with Crippen molar-refractivity contribution in [1.82, 2.24) is 10.3 Å². The second-order valence-electron chi connectivity index (χ2n) is 4.58. The quantitative estimate of drug-likeness (QED) is 0.824. The lowest BCUT2D eigenvalue weighted by atomic mass is 10.2. The number of nitrogens with zero attached hydrogens (tertiary/aromatic N) is 1. The van der Waals surface area contributed by atoms with E-state index in [1.165, 1.54) is 18.6 Å². The standard InChI is InChI=1S/C15H18N2O2S/c18-6-2-1-4-12-8-13(10-16-9-12)15(19)17-11-14-5-3-7-20-14/h8-10,14,18H,2-3,5-7,11H2,(H,17,19). The molecule has 1 aliphatic heterocycles. The van der Waals surface area contributed by atoms with E-state index >= 15 is 0 Å². The molecule has 1 aromatic heterocycles. The summed E-state index contributed by atoms with van der Waals surface area (Å²) in [7, 11) is 0. The molecule has 0 aliphatic carbocycles. The van der Waals surface area contributed by atoms with Crippen LogP contribution in [0, 0.1) is 11.8 Å². The highest BCUT2D eigenvalue weighted by Crippen LogP contribution is 2.25. The zero-order valence-corrected chi connectivity index (χ0v) is 12.1. The van der Waals surface area contributed by atoms with Gasteiger partial charge in [0, 0.05) is 36.2 Å². The average Bonchev–Trinajstić information content (AvgIpc) is 2.99. The number of carbonyl (C=O) groups excluding carboxylic acids is 1. The minimum atomic E-state index is -0.101. The molecule has 0 bridgehead atoms. The molecular formula is C15H18N2O2S. The maximum Gasteiger partial charge on any atom is 0.252 e. The van der Waals surface area contributed by atoms with Crippen LogP contribution < -0.4 is 5.32 Å². The van der Waals surface area contributed by atoms with Crippen LogP contribution in [0.25, 0.3) is 0 Å². The second-order valence-corrected chi connectivity index (χ2v) is 5.99. The Bertz CT molecular complexity index is 516. The molecule has 1 fully saturated rings. The molecule has 106 valence electrons. The molecule has 1 saturated heterocycles. The van der Waals surface area contributed by atoms with Gasteiger partial charge in [-0.25, -0.2) is 0 Å². The van der Waals surface area contributed by atoms with Crippen molar-refractivity contribution in [2.75, 3.05) is 18.9 Å². The monoisotopic (exact) mass is 290 g/mol. The highest BCUT2D eigenvalue weighted by atomic mass is 32.2. The van der Waals surface area contributed by atoms with E-state index in [9.17, 15) is 4.79 Å². The number of nitrogens with one attached hydrogen (secondary N) is 1. The third-order valence-corrected chi connectivity index (χ3v) is 4.38. The largest absolute Gasteiger partial charge is 0.395 e. The smallest absolute Gasteiger partial charge is 0.252 e. The number of aliphatic hydroxyl groups is 1. The zero-order chi connectivity index (χ0) is 14.2. The lowest BCUT2D eigenvalue weighted by molar-refractivity contribution is 0.0953. The van der Waals surface area contributed by atoms with Crippen LogP contribution in [0.2, 0.25) is 0 Å². The van der Waals surface area contributed by atoms with Gasteiger partial charge in [0.25, 0.3) is 5.91 Å². The Hall–Kier alpha value is -1.51. The van der Waals surface area contributed by atoms with Crippen LogP contribution in [0.5, 0.6) is 0 Å². The van der Waals surface area contributed by atoms with Gasteiger partial charge in [0.05, 0.1) is 12.2 Å². The van der Waals surface area contributed by atoms with E-state index in [1.54, 1.807) is 18.5 Å². The minimum Gasteiger partial charge on any atom is -0.395 e. The number of thioether (sulfide) groups is 1. The van der Waals surface area contributed by atoms with Gasteiger partial charge in [0.1, 0.15) is 0 Å². The summed E-state index contributed by atoms with van der Waals surface area (Å²) >= 11 is 1.92. The summed E-state index contributed by atoms with van der Waals surface area (Å²) in [6, 6.07) is 1.73. The van der Waals surface area contributed by atoms with Gasteiger partial charge in [-0.05, 0) is 24.7 Å². The van der Waals surface area contributed by atoms with Crippen molar-refractivity contribution in [2.24, 2.45) is 0 Å². The minimum absolute atomic E-state index is 0.0413. The van der Waals surface area contributed by atoms with E-state index < -0.39 is 0 Å². The molecule has 1 atom stereocenters. The molecule has 2 heterocycles. The van der Waals surface area contributed by atoms with E-state index in [2.05, 4.69) is 22.1 Å². The van der Waals surface area contributed by atoms with Crippen molar-refractivity contribution in [2.45, 2.75) is 24.5 Å². The number of hydrogen-bond acceptors (Lipinski definition) is 4. The zero-order valence-electron chi connectivity index (χ0n) is 11.3. The summed E-state index contributed by atoms with van der Waals surface area (Å²) < 4.78 is 0. The summed E-state index contributed by atoms with van der Waals surface area (Å²) in [5.41, 5.74) is 1.23. The maximum atomic E-state index is 12.0. The molecule has 5 heteroatoms. The number of pyridine rings is 1. The fourth-order valence-electron chi connectivity index (χ4n) is 1.97. The summed E-state index contributed by atoms with van der Waals surface area (Å²) in [5, 5.41) is 12.2. The van der Waals surface area contributed by atoms with Crippen molar-refractivity contribution < 1.29 is 9.90 Å². The van der Waals surface area contributed by atoms with Gasteiger partial charge < -0.3 is 10.4 Å². The molecule has 0 saturated carbocycles. The number of amides is 1. The van der Waals surface area contributed by atoms with E-state index in [0.29, 0.717) is 29.3 Å². The molecule has 0 radical (unpaired) electrons. The van der Waals surface area contributed by atoms with E-state index in [1.807, 2.05) is 11.8 Å². The molecule has 20 heavy (non-hydrogen) atoms. The van der Waals surface area contributed by atoms with Gasteiger partial charge in [-0.3, -0.25) is 9.78 Å². The Morgan fingerprint density at radius 2 is 2.45 bits per heavy atom. The van der Waals surface area contributed by atoms with E-state index in [-0.39, 0.29) is 12.5 Å². The maximum absolute atomic E-state index is 12.0. The predicted octanol–water partition coefficient (Wildman–Crippen LogP) is 1.44. The number of rotatable bonds is 4. The van der Waals surface area contributed by atoms with Gasteiger partial charge in [-0.1, -0.05) is 11.8 Å². The number of aliphatic hydroxyl groups excluding tert-OH is 1. The Kier molecular flexibility index (Phi) is 5.90. The second kappa shape index (κ2) is 7.93. The first kappa shape index (κ1) is 14.9. The number of hydrogen-bond donors (Lipinski definition) is 2. The first-order chi connectivity index (χ1) is 9.79. The number of carbonyl (C=O) groups is 1. The Morgan fingerprint density at radius 3 is 3.20 bits per heavy atom. The van der Waals surface area contributed by atoms with Crippen LogP contribution in [0.4, 0.5) is 0 Å². The van der Waals surface area contributed by atoms with Crippen LogP contribution in [-0.2, 0) is 0 Å². The summed E-state index contributed by atoms with van der Waals surface area (Å²) in [4.78, 5) is 16.1. The van der Waals surface area contributed by atoms with Crippen LogP contribution in [0.3, 0.4) is 0 Å². The molecule has 0 aromatic carbocycles. The highest BCUT2D eigenvalue weighted by molar-refractivity contribution is 8.00. The van der Waals surface area contributed by atoms with E-state index in [0.717, 1.165) is 0 Å². The van der Waals surface area contributed by atoms with E-state index in [4.69, 9.17) is 5.11 Å².